The van der Waals surface area contributed by atoms with Crippen LogP contribution in [0.3, 0.4) is 0 Å². The third-order valence-corrected chi connectivity index (χ3v) is 5.45. The van der Waals surface area contributed by atoms with Gasteiger partial charge < -0.3 is 18.9 Å². The molecule has 0 amide bonds. The lowest BCUT2D eigenvalue weighted by Crippen LogP contribution is -2.47. The summed E-state index contributed by atoms with van der Waals surface area (Å²) >= 11 is 0. The number of rotatable bonds is 8. The van der Waals surface area contributed by atoms with Crippen LogP contribution in [-0.4, -0.2) is 44.5 Å². The average Bonchev–Trinajstić information content (AvgIpc) is 3.10. The Morgan fingerprint density at radius 2 is 1.33 bits per heavy atom. The van der Waals surface area contributed by atoms with Crippen molar-refractivity contribution in [2.24, 2.45) is 0 Å². The molecule has 0 saturated carbocycles. The molecule has 0 radical (unpaired) electrons. The molecular formula is C26H28O7. The van der Waals surface area contributed by atoms with E-state index in [-0.39, 0.29) is 32.0 Å². The Hall–Kier alpha value is -3.61. The summed E-state index contributed by atoms with van der Waals surface area (Å²) in [7, 11) is 0. The van der Waals surface area contributed by atoms with E-state index in [1.807, 2.05) is 43.3 Å². The number of carbonyl (C=O) groups excluding carboxylic acids is 3. The third kappa shape index (κ3) is 4.35. The normalized spacial score (nSPS) is 13.8. The molecule has 1 aliphatic rings. The van der Waals surface area contributed by atoms with Crippen LogP contribution < -0.4 is 0 Å². The zero-order valence-electron chi connectivity index (χ0n) is 19.3. The van der Waals surface area contributed by atoms with Crippen molar-refractivity contribution in [2.75, 3.05) is 26.4 Å². The monoisotopic (exact) mass is 452 g/mol. The molecule has 0 saturated heterocycles. The van der Waals surface area contributed by atoms with Crippen molar-refractivity contribution in [3.63, 3.8) is 0 Å². The van der Waals surface area contributed by atoms with E-state index in [1.54, 1.807) is 32.9 Å². The Labute approximate surface area is 193 Å². The van der Waals surface area contributed by atoms with E-state index in [0.717, 1.165) is 11.1 Å². The van der Waals surface area contributed by atoms with E-state index in [9.17, 15) is 14.4 Å². The van der Waals surface area contributed by atoms with Gasteiger partial charge in [0.2, 0.25) is 5.41 Å². The van der Waals surface area contributed by atoms with Gasteiger partial charge in [-0.3, -0.25) is 9.59 Å². The van der Waals surface area contributed by atoms with Gasteiger partial charge in [-0.1, -0.05) is 54.1 Å². The Kier molecular flexibility index (Phi) is 7.53. The number of esters is 2. The number of benzene rings is 2. The molecule has 174 valence electrons. The van der Waals surface area contributed by atoms with Crippen molar-refractivity contribution in [3.8, 4) is 0 Å². The maximum atomic E-state index is 13.5. The lowest BCUT2D eigenvalue weighted by molar-refractivity contribution is -0.162. The number of aryl methyl sites for hydroxylation is 1. The summed E-state index contributed by atoms with van der Waals surface area (Å²) in [6, 6.07) is 14.8. The molecule has 7 heteroatoms. The van der Waals surface area contributed by atoms with E-state index >= 15 is 0 Å². The molecule has 33 heavy (non-hydrogen) atoms. The minimum Gasteiger partial charge on any atom is -0.465 e. The van der Waals surface area contributed by atoms with Crippen LogP contribution in [0, 0.1) is 6.92 Å². The second-order valence-corrected chi connectivity index (χ2v) is 7.43. The smallest absolute Gasteiger partial charge is 0.465 e. The van der Waals surface area contributed by atoms with Gasteiger partial charge in [-0.05, 0) is 50.0 Å². The van der Waals surface area contributed by atoms with Gasteiger partial charge >= 0.3 is 18.1 Å². The maximum Gasteiger partial charge on any atom is 0.508 e. The molecule has 3 rings (SSSR count). The van der Waals surface area contributed by atoms with Crippen LogP contribution in [0.2, 0.25) is 0 Å². The van der Waals surface area contributed by atoms with Gasteiger partial charge in [-0.15, -0.1) is 0 Å². The Balaban J connectivity index is 2.33. The predicted molar refractivity (Wildman–Crippen MR) is 122 cm³/mol. The van der Waals surface area contributed by atoms with E-state index in [0.29, 0.717) is 16.7 Å². The summed E-state index contributed by atoms with van der Waals surface area (Å²) in [5.74, 6) is -1.55. The van der Waals surface area contributed by atoms with Crippen LogP contribution in [0.1, 0.15) is 43.0 Å². The third-order valence-electron chi connectivity index (χ3n) is 5.45. The van der Waals surface area contributed by atoms with Crippen molar-refractivity contribution in [3.05, 3.63) is 76.4 Å². The number of ether oxygens (including phenoxy) is 4. The topological polar surface area (TPSA) is 88.1 Å². The fraction of sp³-hybridized carbons (Fsp3) is 0.346. The Bertz CT molecular complexity index is 1050. The van der Waals surface area contributed by atoms with Crippen LogP contribution >= 0.6 is 0 Å². The summed E-state index contributed by atoms with van der Waals surface area (Å²) in [5, 5.41) is 0. The van der Waals surface area contributed by atoms with Gasteiger partial charge in [0.15, 0.2) is 0 Å². The Morgan fingerprint density at radius 3 is 1.91 bits per heavy atom. The minimum atomic E-state index is -1.91. The molecule has 1 aliphatic carbocycles. The highest BCUT2D eigenvalue weighted by Crippen LogP contribution is 2.50. The highest BCUT2D eigenvalue weighted by molar-refractivity contribution is 6.16. The van der Waals surface area contributed by atoms with Crippen LogP contribution in [-0.2, 0) is 34.0 Å². The molecule has 0 aromatic heterocycles. The van der Waals surface area contributed by atoms with Gasteiger partial charge in [-0.25, -0.2) is 4.79 Å². The van der Waals surface area contributed by atoms with Crippen LogP contribution in [0.5, 0.6) is 0 Å². The summed E-state index contributed by atoms with van der Waals surface area (Å²) in [6.07, 6.45) is -0.897. The van der Waals surface area contributed by atoms with Crippen molar-refractivity contribution < 1.29 is 33.3 Å². The summed E-state index contributed by atoms with van der Waals surface area (Å²) in [5.41, 5.74) is 1.91. The molecule has 2 aromatic rings. The summed E-state index contributed by atoms with van der Waals surface area (Å²) in [4.78, 5) is 39.1. The van der Waals surface area contributed by atoms with Crippen LogP contribution in [0.15, 0.2) is 54.1 Å². The zero-order valence-corrected chi connectivity index (χ0v) is 19.3. The Morgan fingerprint density at radius 1 is 0.758 bits per heavy atom. The first-order valence-corrected chi connectivity index (χ1v) is 11.0. The SMILES string of the molecule is CCOC(=O)OCC1=C(c2ccc(C)cc2)c2ccccc2C1(C(=O)OCC)C(=O)OCC. The largest absolute Gasteiger partial charge is 0.508 e. The van der Waals surface area contributed by atoms with Crippen molar-refractivity contribution in [1.82, 2.24) is 0 Å². The molecular weight excluding hydrogens is 424 g/mol. The zero-order chi connectivity index (χ0) is 24.0. The first-order valence-electron chi connectivity index (χ1n) is 11.0. The first-order chi connectivity index (χ1) is 15.9. The molecule has 0 aliphatic heterocycles. The molecule has 0 unspecified atom stereocenters. The van der Waals surface area contributed by atoms with Crippen molar-refractivity contribution >= 4 is 23.7 Å². The second-order valence-electron chi connectivity index (χ2n) is 7.43. The van der Waals surface area contributed by atoms with Gasteiger partial charge in [0, 0.05) is 5.57 Å². The fourth-order valence-corrected chi connectivity index (χ4v) is 4.09. The van der Waals surface area contributed by atoms with Gasteiger partial charge in [0.25, 0.3) is 0 Å². The summed E-state index contributed by atoms with van der Waals surface area (Å²) in [6.45, 7) is 6.85. The highest BCUT2D eigenvalue weighted by Gasteiger charge is 2.59. The van der Waals surface area contributed by atoms with Crippen LogP contribution in [0.25, 0.3) is 5.57 Å². The summed E-state index contributed by atoms with van der Waals surface area (Å²) < 4.78 is 21.0. The lowest BCUT2D eigenvalue weighted by atomic mass is 9.77. The molecule has 0 N–H and O–H groups in total. The second kappa shape index (κ2) is 10.3. The number of hydrogen-bond donors (Lipinski definition) is 0. The maximum absolute atomic E-state index is 13.5. The van der Waals surface area contributed by atoms with Gasteiger partial charge in [0.1, 0.15) is 6.61 Å². The van der Waals surface area contributed by atoms with Crippen molar-refractivity contribution in [1.29, 1.82) is 0 Å². The van der Waals surface area contributed by atoms with E-state index < -0.39 is 23.5 Å². The quantitative estimate of drug-likeness (QED) is 0.334. The highest BCUT2D eigenvalue weighted by atomic mass is 16.7. The van der Waals surface area contributed by atoms with Crippen molar-refractivity contribution in [2.45, 2.75) is 33.1 Å². The first kappa shape index (κ1) is 24.0. The van der Waals surface area contributed by atoms with E-state index in [4.69, 9.17) is 18.9 Å². The lowest BCUT2D eigenvalue weighted by Gasteiger charge is -2.29. The number of fused-ring (bicyclic) bond motifs is 1. The molecule has 0 bridgehead atoms. The molecule has 0 atom stereocenters. The van der Waals surface area contributed by atoms with Crippen LogP contribution in [0.4, 0.5) is 4.79 Å². The predicted octanol–water partition coefficient (Wildman–Crippen LogP) is 4.35. The average molecular weight is 453 g/mol. The standard InChI is InChI=1S/C26H28O7/c1-5-30-23(27)26(24(28)31-6-2)20-11-9-8-10-19(20)22(18-14-12-17(4)13-15-18)21(26)16-33-25(29)32-7-3/h8-15H,5-7,16H2,1-4H3. The molecule has 0 spiro atoms. The molecule has 0 fully saturated rings. The van der Waals surface area contributed by atoms with E-state index in [2.05, 4.69) is 0 Å². The molecule has 0 heterocycles. The fourth-order valence-electron chi connectivity index (χ4n) is 4.09. The molecule has 7 nitrogen and oxygen atoms in total. The molecule has 2 aromatic carbocycles. The van der Waals surface area contributed by atoms with Gasteiger partial charge in [-0.2, -0.15) is 0 Å². The minimum absolute atomic E-state index is 0.0635. The van der Waals surface area contributed by atoms with E-state index in [1.165, 1.54) is 0 Å². The van der Waals surface area contributed by atoms with Gasteiger partial charge in [0.05, 0.1) is 19.8 Å². The number of hydrogen-bond acceptors (Lipinski definition) is 7. The number of carbonyl (C=O) groups is 3.